The lowest BCUT2D eigenvalue weighted by Gasteiger charge is -2.19. The maximum absolute atomic E-state index is 12.4. The van der Waals surface area contributed by atoms with Crippen LogP contribution in [0, 0.1) is 0 Å². The van der Waals surface area contributed by atoms with Crippen molar-refractivity contribution in [3.63, 3.8) is 0 Å². The average molecular weight is 393 g/mol. The Hall–Kier alpha value is -0.870. The first-order chi connectivity index (χ1) is 16.6. The zero-order chi connectivity index (χ0) is 28.0. The van der Waals surface area contributed by atoms with Gasteiger partial charge in [0.05, 0.1) is 18.8 Å². The van der Waals surface area contributed by atoms with Crippen LogP contribution in [0.25, 0.3) is 0 Å². The number of nitrogens with one attached hydrogen (secondary N) is 1. The molecule has 0 saturated heterocycles. The Morgan fingerprint density at radius 1 is 1.07 bits per heavy atom. The summed E-state index contributed by atoms with van der Waals surface area (Å²) in [5.41, 5.74) is 0. The van der Waals surface area contributed by atoms with Gasteiger partial charge in [-0.2, -0.15) is 0 Å². The zero-order valence-corrected chi connectivity index (χ0v) is 16.8. The van der Waals surface area contributed by atoms with Gasteiger partial charge < -0.3 is 15.5 Å². The largest absolute Gasteiger partial charge is 0.394 e. The highest BCUT2D eigenvalue weighted by atomic mass is 16.3. The van der Waals surface area contributed by atoms with Crippen molar-refractivity contribution in [3.8, 4) is 0 Å². The third-order valence-corrected chi connectivity index (χ3v) is 4.47. The Kier molecular flexibility index (Phi) is 10.4. The standard InChI is InChI=1S/C23H45NO3/c1-3-5-7-8-9-10-11-12-13-14-15-16-17-18-22(26)21(20-25)24-23(27)19-6-4-2/h17-18,21-22,25-26H,3-16,19-20H2,1-2H3,(H,24,27)/b18-17+/i2D3,4D2,6D2,19D2. The number of rotatable bonds is 19. The molecule has 0 aromatic rings. The fraction of sp³-hybridized carbons (Fsp3) is 0.870. The predicted octanol–water partition coefficient (Wildman–Crippen LogP) is 5.27. The third kappa shape index (κ3) is 17.0. The number of amides is 1. The first-order valence-electron chi connectivity index (χ1n) is 14.8. The van der Waals surface area contributed by atoms with E-state index < -0.39 is 50.6 Å². The molecule has 3 N–H and O–H groups in total. The lowest BCUT2D eigenvalue weighted by Crippen LogP contribution is -2.45. The van der Waals surface area contributed by atoms with E-state index in [2.05, 4.69) is 6.92 Å². The van der Waals surface area contributed by atoms with Gasteiger partial charge >= 0.3 is 0 Å². The first kappa shape index (κ1) is 14.2. The molecule has 0 radical (unpaired) electrons. The molecule has 27 heavy (non-hydrogen) atoms. The second-order valence-corrected chi connectivity index (χ2v) is 6.88. The van der Waals surface area contributed by atoms with Crippen molar-refractivity contribution in [1.82, 2.24) is 5.32 Å². The fourth-order valence-electron chi connectivity index (χ4n) is 2.83. The van der Waals surface area contributed by atoms with Crippen LogP contribution in [-0.4, -0.2) is 34.9 Å². The summed E-state index contributed by atoms with van der Waals surface area (Å²) in [6, 6.07) is -1.38. The van der Waals surface area contributed by atoms with E-state index in [0.717, 1.165) is 19.3 Å². The van der Waals surface area contributed by atoms with Crippen LogP contribution < -0.4 is 5.32 Å². The third-order valence-electron chi connectivity index (χ3n) is 4.47. The number of allylic oxidation sites excluding steroid dienone is 1. The summed E-state index contributed by atoms with van der Waals surface area (Å²) in [6.07, 6.45) is 4.55. The summed E-state index contributed by atoms with van der Waals surface area (Å²) in [7, 11) is 0. The molecule has 0 heterocycles. The molecule has 0 spiro atoms. The van der Waals surface area contributed by atoms with E-state index >= 15 is 0 Å². The summed E-state index contributed by atoms with van der Waals surface area (Å²) in [5, 5.41) is 21.7. The van der Waals surface area contributed by atoms with Crippen molar-refractivity contribution in [2.24, 2.45) is 0 Å². The summed E-state index contributed by atoms with van der Waals surface area (Å²) >= 11 is 0. The maximum atomic E-state index is 12.4. The minimum atomic E-state index is -3.73. The molecule has 0 fully saturated rings. The van der Waals surface area contributed by atoms with Crippen molar-refractivity contribution in [2.45, 2.75) is 122 Å². The van der Waals surface area contributed by atoms with Gasteiger partial charge in [-0.1, -0.05) is 96.5 Å². The highest BCUT2D eigenvalue weighted by Crippen LogP contribution is 2.12. The van der Waals surface area contributed by atoms with Crippen molar-refractivity contribution >= 4 is 5.91 Å². The van der Waals surface area contributed by atoms with Crippen molar-refractivity contribution in [2.75, 3.05) is 6.61 Å². The molecule has 2 unspecified atom stereocenters. The zero-order valence-electron chi connectivity index (χ0n) is 25.8. The van der Waals surface area contributed by atoms with Gasteiger partial charge in [-0.3, -0.25) is 4.79 Å². The quantitative estimate of drug-likeness (QED) is 0.207. The molecule has 2 atom stereocenters. The van der Waals surface area contributed by atoms with Crippen molar-refractivity contribution in [3.05, 3.63) is 12.2 Å². The Morgan fingerprint density at radius 3 is 2.22 bits per heavy atom. The lowest BCUT2D eigenvalue weighted by molar-refractivity contribution is -0.122. The van der Waals surface area contributed by atoms with E-state index in [-0.39, 0.29) is 0 Å². The first-order valence-corrected chi connectivity index (χ1v) is 10.3. The molecule has 0 aliphatic heterocycles. The highest BCUT2D eigenvalue weighted by molar-refractivity contribution is 5.76. The Morgan fingerprint density at radius 2 is 1.67 bits per heavy atom. The summed E-state index contributed by atoms with van der Waals surface area (Å²) in [6.45, 7) is -2.11. The van der Waals surface area contributed by atoms with Gasteiger partial charge in [0.25, 0.3) is 0 Å². The van der Waals surface area contributed by atoms with E-state index in [9.17, 15) is 15.0 Å². The molecule has 4 nitrogen and oxygen atoms in total. The Labute approximate surface area is 180 Å². The number of unbranched alkanes of at least 4 members (excludes halogenated alkanes) is 11. The number of hydrogen-bond donors (Lipinski definition) is 3. The Balaban J connectivity index is 4.57. The van der Waals surface area contributed by atoms with Crippen LogP contribution in [0.5, 0.6) is 0 Å². The number of carbonyl (C=O) groups is 1. The van der Waals surface area contributed by atoms with E-state index in [4.69, 9.17) is 12.3 Å². The van der Waals surface area contributed by atoms with E-state index in [1.165, 1.54) is 57.4 Å². The van der Waals surface area contributed by atoms with Crippen LogP contribution in [0.3, 0.4) is 0 Å². The molecule has 160 valence electrons. The number of aliphatic hydroxyl groups excluding tert-OH is 2. The SMILES string of the molecule is [2H]C([2H])([2H])C([2H])([2H])C([2H])([2H])C([2H])([2H])C(=O)NC(CO)C(O)/C=C/CCCCCCCCCCCCC. The molecule has 0 saturated carbocycles. The van der Waals surface area contributed by atoms with Crippen LogP contribution in [0.2, 0.25) is 0 Å². The second kappa shape index (κ2) is 19.9. The van der Waals surface area contributed by atoms with Gasteiger partial charge in [-0.15, -0.1) is 0 Å². The molecule has 0 bridgehead atoms. The fourth-order valence-corrected chi connectivity index (χ4v) is 2.83. The summed E-state index contributed by atoms with van der Waals surface area (Å²) < 4.78 is 67.8. The normalized spacial score (nSPS) is 20.8. The maximum Gasteiger partial charge on any atom is 0.220 e. The minimum absolute atomic E-state index is 0.669. The van der Waals surface area contributed by atoms with Crippen molar-refractivity contribution in [1.29, 1.82) is 0 Å². The van der Waals surface area contributed by atoms with Crippen LogP contribution in [0.4, 0.5) is 0 Å². The number of carbonyl (C=O) groups excluding carboxylic acids is 1. The van der Waals surface area contributed by atoms with Crippen LogP contribution in [-0.2, 0) is 4.79 Å². The highest BCUT2D eigenvalue weighted by Gasteiger charge is 2.17. The van der Waals surface area contributed by atoms with Gasteiger partial charge in [0.15, 0.2) is 0 Å². The van der Waals surface area contributed by atoms with Gasteiger partial charge in [0, 0.05) is 18.7 Å². The number of hydrogen-bond acceptors (Lipinski definition) is 3. The lowest BCUT2D eigenvalue weighted by atomic mass is 10.0. The van der Waals surface area contributed by atoms with E-state index in [1.807, 2.05) is 5.32 Å². The van der Waals surface area contributed by atoms with E-state index in [1.54, 1.807) is 6.08 Å². The summed E-state index contributed by atoms with van der Waals surface area (Å²) in [5.74, 6) is -1.67. The van der Waals surface area contributed by atoms with Crippen LogP contribution in [0.15, 0.2) is 12.2 Å². The molecule has 4 heteroatoms. The number of aliphatic hydroxyl groups is 2. The van der Waals surface area contributed by atoms with Crippen LogP contribution in [0.1, 0.15) is 122 Å². The molecule has 0 aromatic carbocycles. The smallest absolute Gasteiger partial charge is 0.220 e. The van der Waals surface area contributed by atoms with Crippen LogP contribution >= 0.6 is 0 Å². The van der Waals surface area contributed by atoms with Crippen molar-refractivity contribution < 1.29 is 27.3 Å². The molecule has 1 amide bonds. The van der Waals surface area contributed by atoms with Gasteiger partial charge in [-0.05, 0) is 19.2 Å². The molecule has 0 rings (SSSR count). The molecular formula is C23H45NO3. The molecule has 0 aromatic heterocycles. The topological polar surface area (TPSA) is 69.6 Å². The van der Waals surface area contributed by atoms with E-state index in [0.29, 0.717) is 6.42 Å². The van der Waals surface area contributed by atoms with Gasteiger partial charge in [0.2, 0.25) is 5.91 Å². The monoisotopic (exact) mass is 392 g/mol. The van der Waals surface area contributed by atoms with Gasteiger partial charge in [-0.25, -0.2) is 0 Å². The Bertz CT molecular complexity index is 655. The molecule has 0 aliphatic carbocycles. The predicted molar refractivity (Wildman–Crippen MR) is 115 cm³/mol. The van der Waals surface area contributed by atoms with Gasteiger partial charge in [0.1, 0.15) is 0 Å². The molecule has 0 aliphatic rings. The second-order valence-electron chi connectivity index (χ2n) is 6.88. The molecular weight excluding hydrogens is 338 g/mol. The summed E-state index contributed by atoms with van der Waals surface area (Å²) in [4.78, 5) is 12.4. The average Bonchev–Trinajstić information content (AvgIpc) is 2.78. The minimum Gasteiger partial charge on any atom is -0.394 e.